The van der Waals surface area contributed by atoms with Gasteiger partial charge in [0.2, 0.25) is 5.95 Å². The molecule has 2 aromatic rings. The first-order valence-electron chi connectivity index (χ1n) is 6.60. The lowest BCUT2D eigenvalue weighted by Gasteiger charge is -2.17. The molecule has 1 N–H and O–H groups in total. The average molecular weight is 319 g/mol. The molecule has 8 heteroatoms. The molecule has 0 saturated heterocycles. The predicted molar refractivity (Wildman–Crippen MR) is 83.7 cm³/mol. The molecule has 1 atom stereocenters. The summed E-state index contributed by atoms with van der Waals surface area (Å²) in [5.74, 6) is 1.15. The fraction of sp³-hybridized carbons (Fsp3) is 0.286. The van der Waals surface area contributed by atoms with E-state index in [0.29, 0.717) is 16.5 Å². The van der Waals surface area contributed by atoms with Gasteiger partial charge in [0.15, 0.2) is 11.0 Å². The van der Waals surface area contributed by atoms with Gasteiger partial charge < -0.3 is 0 Å². The number of aryl methyl sites for hydroxylation is 3. The van der Waals surface area contributed by atoms with Crippen LogP contribution in [0.1, 0.15) is 17.2 Å². The number of carbonyl (C=O) groups is 1. The van der Waals surface area contributed by atoms with Crippen molar-refractivity contribution in [1.29, 1.82) is 0 Å². The van der Waals surface area contributed by atoms with E-state index in [9.17, 15) is 9.00 Å². The van der Waals surface area contributed by atoms with Crippen LogP contribution in [0, 0.1) is 20.8 Å². The fourth-order valence-electron chi connectivity index (χ4n) is 1.82. The molecule has 0 aliphatic carbocycles. The fourth-order valence-corrected chi connectivity index (χ4v) is 2.85. The molecule has 0 bridgehead atoms. The quantitative estimate of drug-likeness (QED) is 0.934. The van der Waals surface area contributed by atoms with Crippen LogP contribution in [-0.2, 0) is 11.0 Å². The first-order chi connectivity index (χ1) is 10.4. The topological polar surface area (TPSA) is 88.1 Å². The standard InChI is InChI=1S/C14H17N5O2S/c1-9-7-5-6-8-12(9)22(21)19(4)14(20)18-13-16-10(2)15-11(3)17-13/h5-8H,1-4H3,(H,15,16,17,18,20). The van der Waals surface area contributed by atoms with Crippen LogP contribution in [0.25, 0.3) is 0 Å². The lowest BCUT2D eigenvalue weighted by atomic mass is 10.2. The lowest BCUT2D eigenvalue weighted by molar-refractivity contribution is 0.241. The molecular formula is C14H17N5O2S. The van der Waals surface area contributed by atoms with Crippen LogP contribution < -0.4 is 5.32 Å². The van der Waals surface area contributed by atoms with Crippen molar-refractivity contribution >= 4 is 23.0 Å². The zero-order chi connectivity index (χ0) is 16.3. The maximum Gasteiger partial charge on any atom is 0.336 e. The highest BCUT2D eigenvalue weighted by molar-refractivity contribution is 7.83. The Morgan fingerprint density at radius 2 is 1.68 bits per heavy atom. The maximum absolute atomic E-state index is 12.5. The van der Waals surface area contributed by atoms with E-state index in [2.05, 4.69) is 20.3 Å². The molecule has 7 nitrogen and oxygen atoms in total. The number of amides is 2. The first kappa shape index (κ1) is 16.0. The van der Waals surface area contributed by atoms with Gasteiger partial charge in [0.05, 0.1) is 4.90 Å². The van der Waals surface area contributed by atoms with Gasteiger partial charge in [-0.1, -0.05) is 18.2 Å². The van der Waals surface area contributed by atoms with Crippen molar-refractivity contribution < 1.29 is 9.00 Å². The van der Waals surface area contributed by atoms with E-state index in [1.165, 1.54) is 7.05 Å². The van der Waals surface area contributed by atoms with E-state index in [1.807, 2.05) is 19.1 Å². The number of anilines is 1. The van der Waals surface area contributed by atoms with Crippen LogP contribution in [-0.4, -0.2) is 36.5 Å². The van der Waals surface area contributed by atoms with Gasteiger partial charge in [0.1, 0.15) is 11.6 Å². The zero-order valence-corrected chi connectivity index (χ0v) is 13.6. The van der Waals surface area contributed by atoms with E-state index in [0.717, 1.165) is 9.87 Å². The van der Waals surface area contributed by atoms with Crippen LogP contribution in [0.15, 0.2) is 29.2 Å². The largest absolute Gasteiger partial charge is 0.336 e. The summed E-state index contributed by atoms with van der Waals surface area (Å²) in [6.07, 6.45) is 0. The van der Waals surface area contributed by atoms with Gasteiger partial charge in [-0.2, -0.15) is 9.97 Å². The lowest BCUT2D eigenvalue weighted by Crippen LogP contribution is -2.34. The van der Waals surface area contributed by atoms with Crippen LogP contribution in [0.4, 0.5) is 10.7 Å². The van der Waals surface area contributed by atoms with E-state index in [-0.39, 0.29) is 5.95 Å². The Morgan fingerprint density at radius 3 is 2.27 bits per heavy atom. The summed E-state index contributed by atoms with van der Waals surface area (Å²) in [6.45, 7) is 5.26. The molecule has 2 amide bonds. The molecule has 0 spiro atoms. The van der Waals surface area contributed by atoms with Gasteiger partial charge in [-0.15, -0.1) is 0 Å². The van der Waals surface area contributed by atoms with Crippen molar-refractivity contribution in [2.24, 2.45) is 0 Å². The minimum Gasteiger partial charge on any atom is -0.275 e. The summed E-state index contributed by atoms with van der Waals surface area (Å²) >= 11 is 0. The summed E-state index contributed by atoms with van der Waals surface area (Å²) in [5.41, 5.74) is 0.854. The van der Waals surface area contributed by atoms with Gasteiger partial charge in [-0.05, 0) is 32.4 Å². The predicted octanol–water partition coefficient (Wildman–Crippen LogP) is 1.98. The van der Waals surface area contributed by atoms with Crippen LogP contribution in [0.3, 0.4) is 0 Å². The average Bonchev–Trinajstić information content (AvgIpc) is 2.45. The zero-order valence-electron chi connectivity index (χ0n) is 12.8. The SMILES string of the molecule is Cc1nc(C)nc(NC(=O)N(C)S(=O)c2ccccc2C)n1. The number of hydrogen-bond donors (Lipinski definition) is 1. The second-order valence-corrected chi connectivity index (χ2v) is 6.18. The van der Waals surface area contributed by atoms with Gasteiger partial charge in [0.25, 0.3) is 0 Å². The molecule has 0 radical (unpaired) electrons. The van der Waals surface area contributed by atoms with Gasteiger partial charge >= 0.3 is 6.03 Å². The highest BCUT2D eigenvalue weighted by Crippen LogP contribution is 2.15. The van der Waals surface area contributed by atoms with E-state index in [1.54, 1.807) is 26.0 Å². The Kier molecular flexibility index (Phi) is 4.81. The smallest absolute Gasteiger partial charge is 0.275 e. The molecule has 116 valence electrons. The summed E-state index contributed by atoms with van der Waals surface area (Å²) < 4.78 is 13.6. The number of carbonyl (C=O) groups excluding carboxylic acids is 1. The number of nitrogens with zero attached hydrogens (tertiary/aromatic N) is 4. The number of rotatable bonds is 3. The van der Waals surface area contributed by atoms with Gasteiger partial charge in [-0.25, -0.2) is 18.3 Å². The minimum atomic E-state index is -1.60. The molecule has 0 fully saturated rings. The van der Waals surface area contributed by atoms with Crippen LogP contribution >= 0.6 is 0 Å². The molecule has 1 aromatic carbocycles. The highest BCUT2D eigenvalue weighted by Gasteiger charge is 2.19. The number of benzene rings is 1. The molecule has 0 aliphatic rings. The van der Waals surface area contributed by atoms with Crippen molar-refractivity contribution in [1.82, 2.24) is 19.3 Å². The van der Waals surface area contributed by atoms with Crippen molar-refractivity contribution in [3.8, 4) is 0 Å². The Morgan fingerprint density at radius 1 is 1.09 bits per heavy atom. The highest BCUT2D eigenvalue weighted by atomic mass is 32.2. The third-order valence-corrected chi connectivity index (χ3v) is 4.39. The van der Waals surface area contributed by atoms with Crippen molar-refractivity contribution in [3.05, 3.63) is 41.5 Å². The van der Waals surface area contributed by atoms with E-state index < -0.39 is 17.0 Å². The molecule has 22 heavy (non-hydrogen) atoms. The van der Waals surface area contributed by atoms with Crippen molar-refractivity contribution in [3.63, 3.8) is 0 Å². The number of hydrogen-bond acceptors (Lipinski definition) is 5. The summed E-state index contributed by atoms with van der Waals surface area (Å²) in [5, 5.41) is 2.53. The van der Waals surface area contributed by atoms with Crippen molar-refractivity contribution in [2.75, 3.05) is 12.4 Å². The number of nitrogens with one attached hydrogen (secondary N) is 1. The Hall–Kier alpha value is -2.35. The summed E-state index contributed by atoms with van der Waals surface area (Å²) in [6, 6.07) is 6.66. The molecule has 1 aromatic heterocycles. The van der Waals surface area contributed by atoms with Crippen molar-refractivity contribution in [2.45, 2.75) is 25.7 Å². The second-order valence-electron chi connectivity index (χ2n) is 4.70. The maximum atomic E-state index is 12.5. The Bertz CT molecular complexity index is 715. The third kappa shape index (κ3) is 3.64. The summed E-state index contributed by atoms with van der Waals surface area (Å²) in [7, 11) is -0.147. The third-order valence-electron chi connectivity index (χ3n) is 2.89. The molecule has 2 rings (SSSR count). The summed E-state index contributed by atoms with van der Waals surface area (Å²) in [4.78, 5) is 24.9. The monoisotopic (exact) mass is 319 g/mol. The van der Waals surface area contributed by atoms with Gasteiger partial charge in [0, 0.05) is 7.05 Å². The number of urea groups is 1. The molecule has 1 heterocycles. The molecule has 0 aliphatic heterocycles. The van der Waals surface area contributed by atoms with Crippen LogP contribution in [0.5, 0.6) is 0 Å². The van der Waals surface area contributed by atoms with Gasteiger partial charge in [-0.3, -0.25) is 5.32 Å². The number of aromatic nitrogens is 3. The first-order valence-corrected chi connectivity index (χ1v) is 7.70. The molecular weight excluding hydrogens is 302 g/mol. The molecule has 0 saturated carbocycles. The normalized spacial score (nSPS) is 11.8. The molecule has 1 unspecified atom stereocenters. The van der Waals surface area contributed by atoms with Crippen LogP contribution in [0.2, 0.25) is 0 Å². The van der Waals surface area contributed by atoms with E-state index >= 15 is 0 Å². The Balaban J connectivity index is 2.15. The Labute approximate surface area is 131 Å². The minimum absolute atomic E-state index is 0.142. The second kappa shape index (κ2) is 6.61. The van der Waals surface area contributed by atoms with E-state index in [4.69, 9.17) is 0 Å².